The van der Waals surface area contributed by atoms with Crippen LogP contribution in [0.3, 0.4) is 0 Å². The van der Waals surface area contributed by atoms with Gasteiger partial charge in [-0.2, -0.15) is 0 Å². The van der Waals surface area contributed by atoms with Gasteiger partial charge < -0.3 is 14.5 Å². The summed E-state index contributed by atoms with van der Waals surface area (Å²) in [5, 5.41) is 0.636. The van der Waals surface area contributed by atoms with Gasteiger partial charge in [0.15, 0.2) is 12.4 Å². The van der Waals surface area contributed by atoms with Crippen LogP contribution in [-0.4, -0.2) is 53.6 Å². The van der Waals surface area contributed by atoms with Crippen molar-refractivity contribution in [1.82, 2.24) is 14.9 Å². The van der Waals surface area contributed by atoms with E-state index in [1.54, 1.807) is 24.3 Å². The number of carbonyl (C=O) groups excluding carboxylic acids is 1. The summed E-state index contributed by atoms with van der Waals surface area (Å²) in [6, 6.07) is 25.0. The van der Waals surface area contributed by atoms with Crippen LogP contribution in [-0.2, 0) is 4.79 Å². The van der Waals surface area contributed by atoms with Crippen molar-refractivity contribution in [2.24, 2.45) is 0 Å². The standard InChI is InChI=1S/C26H23ClN4O2/c27-20-10-12-21(13-11-20)33-18-24(32)30-14-16-31(17-15-30)26-25(19-6-2-1-3-7-19)28-22-8-4-5-9-23(22)29-26/h1-13H,14-18H2. The molecule has 6 nitrogen and oxygen atoms in total. The zero-order chi connectivity index (χ0) is 22.6. The Morgan fingerprint density at radius 2 is 1.45 bits per heavy atom. The average Bonchev–Trinajstić information content (AvgIpc) is 2.88. The minimum Gasteiger partial charge on any atom is -0.484 e. The highest BCUT2D eigenvalue weighted by atomic mass is 35.5. The van der Waals surface area contributed by atoms with Gasteiger partial charge in [-0.1, -0.05) is 54.1 Å². The number of amides is 1. The summed E-state index contributed by atoms with van der Waals surface area (Å²) in [4.78, 5) is 26.6. The van der Waals surface area contributed by atoms with Gasteiger partial charge in [-0.05, 0) is 36.4 Å². The summed E-state index contributed by atoms with van der Waals surface area (Å²) in [7, 11) is 0. The second-order valence-corrected chi connectivity index (χ2v) is 8.30. The second kappa shape index (κ2) is 9.46. The Bertz CT molecular complexity index is 1260. The lowest BCUT2D eigenvalue weighted by Gasteiger charge is -2.36. The number of benzene rings is 3. The van der Waals surface area contributed by atoms with Crippen LogP contribution in [0.25, 0.3) is 22.3 Å². The van der Waals surface area contributed by atoms with Gasteiger partial charge in [0.25, 0.3) is 5.91 Å². The zero-order valence-electron chi connectivity index (χ0n) is 18.0. The van der Waals surface area contributed by atoms with Gasteiger partial charge >= 0.3 is 0 Å². The smallest absolute Gasteiger partial charge is 0.260 e. The Morgan fingerprint density at radius 3 is 2.15 bits per heavy atom. The molecule has 0 spiro atoms. The maximum absolute atomic E-state index is 12.7. The number of halogens is 1. The van der Waals surface area contributed by atoms with Crippen molar-refractivity contribution in [2.75, 3.05) is 37.7 Å². The molecule has 1 amide bonds. The van der Waals surface area contributed by atoms with Crippen molar-refractivity contribution in [3.05, 3.63) is 83.9 Å². The molecule has 0 bridgehead atoms. The number of piperazine rings is 1. The van der Waals surface area contributed by atoms with Crippen molar-refractivity contribution in [3.63, 3.8) is 0 Å². The molecule has 0 saturated carbocycles. The van der Waals surface area contributed by atoms with Gasteiger partial charge in [0.05, 0.1) is 11.0 Å². The number of para-hydroxylation sites is 2. The molecule has 7 heteroatoms. The number of nitrogens with zero attached hydrogens (tertiary/aromatic N) is 4. The summed E-state index contributed by atoms with van der Waals surface area (Å²) in [5.41, 5.74) is 3.62. The van der Waals surface area contributed by atoms with Gasteiger partial charge in [0.2, 0.25) is 0 Å². The van der Waals surface area contributed by atoms with E-state index in [1.165, 1.54) is 0 Å². The molecule has 0 atom stereocenters. The molecule has 0 aliphatic carbocycles. The number of fused-ring (bicyclic) bond motifs is 1. The molecule has 5 rings (SSSR count). The SMILES string of the molecule is O=C(COc1ccc(Cl)cc1)N1CCN(c2nc3ccccc3nc2-c2ccccc2)CC1. The number of ether oxygens (including phenoxy) is 1. The van der Waals surface area contributed by atoms with Crippen molar-refractivity contribution >= 4 is 34.4 Å². The first-order valence-electron chi connectivity index (χ1n) is 10.9. The second-order valence-electron chi connectivity index (χ2n) is 7.86. The topological polar surface area (TPSA) is 58.6 Å². The highest BCUT2D eigenvalue weighted by Gasteiger charge is 2.25. The lowest BCUT2D eigenvalue weighted by atomic mass is 10.1. The summed E-state index contributed by atoms with van der Waals surface area (Å²) in [6.45, 7) is 2.57. The third-order valence-electron chi connectivity index (χ3n) is 5.71. The molecule has 3 aromatic carbocycles. The van der Waals surface area contributed by atoms with Crippen molar-refractivity contribution in [2.45, 2.75) is 0 Å². The first-order chi connectivity index (χ1) is 16.2. The Labute approximate surface area is 197 Å². The number of anilines is 1. The normalized spacial score (nSPS) is 13.8. The molecule has 33 heavy (non-hydrogen) atoms. The highest BCUT2D eigenvalue weighted by molar-refractivity contribution is 6.30. The predicted molar refractivity (Wildman–Crippen MR) is 131 cm³/mol. The maximum Gasteiger partial charge on any atom is 0.260 e. The molecule has 0 N–H and O–H groups in total. The molecule has 4 aromatic rings. The van der Waals surface area contributed by atoms with Crippen LogP contribution in [0, 0.1) is 0 Å². The number of hydrogen-bond acceptors (Lipinski definition) is 5. The van der Waals surface area contributed by atoms with E-state index in [9.17, 15) is 4.79 Å². The first kappa shape index (κ1) is 21.2. The fraction of sp³-hybridized carbons (Fsp3) is 0.192. The number of carbonyl (C=O) groups is 1. The summed E-state index contributed by atoms with van der Waals surface area (Å²) >= 11 is 5.90. The Morgan fingerprint density at radius 1 is 0.818 bits per heavy atom. The summed E-state index contributed by atoms with van der Waals surface area (Å²) in [5.74, 6) is 1.45. The molecule has 1 saturated heterocycles. The maximum atomic E-state index is 12.7. The van der Waals surface area contributed by atoms with E-state index in [0.717, 1.165) is 28.1 Å². The van der Waals surface area contributed by atoms with E-state index >= 15 is 0 Å². The van der Waals surface area contributed by atoms with Crippen LogP contribution in [0.5, 0.6) is 5.75 Å². The number of aromatic nitrogens is 2. The third kappa shape index (κ3) is 4.76. The molecular formula is C26H23ClN4O2. The summed E-state index contributed by atoms with van der Waals surface area (Å²) < 4.78 is 5.63. The Kier molecular flexibility index (Phi) is 6.09. The van der Waals surface area contributed by atoms with Crippen LogP contribution in [0.2, 0.25) is 5.02 Å². The van der Waals surface area contributed by atoms with Crippen LogP contribution in [0.15, 0.2) is 78.9 Å². The molecule has 0 unspecified atom stereocenters. The van der Waals surface area contributed by atoms with Crippen LogP contribution in [0.1, 0.15) is 0 Å². The molecule has 1 aliphatic heterocycles. The van der Waals surface area contributed by atoms with Crippen molar-refractivity contribution in [3.8, 4) is 17.0 Å². The van der Waals surface area contributed by atoms with E-state index in [2.05, 4.69) is 17.0 Å². The minimum absolute atomic E-state index is 0.00662. The van der Waals surface area contributed by atoms with Gasteiger partial charge in [-0.3, -0.25) is 4.79 Å². The van der Waals surface area contributed by atoms with Gasteiger partial charge in [-0.15, -0.1) is 0 Å². The van der Waals surface area contributed by atoms with Crippen LogP contribution in [0.4, 0.5) is 5.82 Å². The minimum atomic E-state index is -0.0301. The molecule has 1 fully saturated rings. The van der Waals surface area contributed by atoms with Crippen molar-refractivity contribution in [1.29, 1.82) is 0 Å². The zero-order valence-corrected chi connectivity index (χ0v) is 18.8. The third-order valence-corrected chi connectivity index (χ3v) is 5.96. The van der Waals surface area contributed by atoms with E-state index < -0.39 is 0 Å². The first-order valence-corrected chi connectivity index (χ1v) is 11.3. The monoisotopic (exact) mass is 458 g/mol. The fourth-order valence-electron chi connectivity index (χ4n) is 3.94. The van der Waals surface area contributed by atoms with Gasteiger partial charge in [-0.25, -0.2) is 9.97 Å². The molecular weight excluding hydrogens is 436 g/mol. The molecule has 166 valence electrons. The largest absolute Gasteiger partial charge is 0.484 e. The number of rotatable bonds is 5. The lowest BCUT2D eigenvalue weighted by molar-refractivity contribution is -0.133. The van der Waals surface area contributed by atoms with E-state index in [0.29, 0.717) is 37.0 Å². The lowest BCUT2D eigenvalue weighted by Crippen LogP contribution is -2.50. The predicted octanol–water partition coefficient (Wildman–Crippen LogP) is 4.68. The molecule has 2 heterocycles. The van der Waals surface area contributed by atoms with Gasteiger partial charge in [0, 0.05) is 36.8 Å². The average molecular weight is 459 g/mol. The number of hydrogen-bond donors (Lipinski definition) is 0. The highest BCUT2D eigenvalue weighted by Crippen LogP contribution is 2.30. The fourth-order valence-corrected chi connectivity index (χ4v) is 4.06. The van der Waals surface area contributed by atoms with Gasteiger partial charge in [0.1, 0.15) is 11.4 Å². The van der Waals surface area contributed by atoms with Crippen LogP contribution < -0.4 is 9.64 Å². The van der Waals surface area contributed by atoms with E-state index in [1.807, 2.05) is 47.4 Å². The summed E-state index contributed by atoms with van der Waals surface area (Å²) in [6.07, 6.45) is 0. The van der Waals surface area contributed by atoms with Crippen molar-refractivity contribution < 1.29 is 9.53 Å². The molecule has 0 radical (unpaired) electrons. The Balaban J connectivity index is 1.30. The quantitative estimate of drug-likeness (QED) is 0.434. The van der Waals surface area contributed by atoms with E-state index in [4.69, 9.17) is 26.3 Å². The molecule has 1 aliphatic rings. The Hall–Kier alpha value is -3.64. The van der Waals surface area contributed by atoms with E-state index in [-0.39, 0.29) is 12.5 Å². The molecule has 1 aromatic heterocycles. The van der Waals surface area contributed by atoms with Crippen LogP contribution >= 0.6 is 11.6 Å².